The van der Waals surface area contributed by atoms with Crippen molar-refractivity contribution in [3.63, 3.8) is 0 Å². The van der Waals surface area contributed by atoms with Gasteiger partial charge < -0.3 is 16.6 Å². The molecule has 0 unspecified atom stereocenters. The van der Waals surface area contributed by atoms with Crippen molar-refractivity contribution >= 4 is 17.6 Å². The Hall–Kier alpha value is -1.10. The van der Waals surface area contributed by atoms with Crippen molar-refractivity contribution < 1.29 is 9.90 Å². The minimum absolute atomic E-state index is 0.107. The van der Waals surface area contributed by atoms with Crippen molar-refractivity contribution in [2.45, 2.75) is 6.04 Å². The second kappa shape index (κ2) is 4.41. The number of rotatable bonds is 3. The van der Waals surface area contributed by atoms with Gasteiger partial charge in [0.15, 0.2) is 0 Å². The lowest BCUT2D eigenvalue weighted by atomic mass is 10.0. The molecular weight excluding hydrogens is 204 g/mol. The maximum absolute atomic E-state index is 10.8. The Morgan fingerprint density at radius 1 is 1.57 bits per heavy atom. The van der Waals surface area contributed by atoms with E-state index in [4.69, 9.17) is 28.2 Å². The predicted molar refractivity (Wildman–Crippen MR) is 54.4 cm³/mol. The van der Waals surface area contributed by atoms with Gasteiger partial charge in [-0.1, -0.05) is 17.7 Å². The minimum atomic E-state index is -1.05. The minimum Gasteiger partial charge on any atom is -0.478 e. The molecule has 0 radical (unpaired) electrons. The third-order valence-corrected chi connectivity index (χ3v) is 2.24. The van der Waals surface area contributed by atoms with Gasteiger partial charge in [-0.05, 0) is 12.1 Å². The molecule has 0 aliphatic heterocycles. The number of benzene rings is 1. The summed E-state index contributed by atoms with van der Waals surface area (Å²) in [7, 11) is 0. The number of carbonyl (C=O) groups is 1. The van der Waals surface area contributed by atoms with Gasteiger partial charge in [-0.15, -0.1) is 0 Å². The first-order chi connectivity index (χ1) is 6.57. The zero-order chi connectivity index (χ0) is 10.7. The predicted octanol–water partition coefficient (Wildman–Crippen LogP) is 0.997. The number of aromatic carboxylic acids is 1. The maximum atomic E-state index is 10.8. The summed E-state index contributed by atoms with van der Waals surface area (Å²) in [5.74, 6) is -1.05. The van der Waals surface area contributed by atoms with Crippen molar-refractivity contribution in [1.29, 1.82) is 0 Å². The number of hydrogen-bond donors (Lipinski definition) is 3. The van der Waals surface area contributed by atoms with Crippen LogP contribution in [0.4, 0.5) is 0 Å². The highest BCUT2D eigenvalue weighted by molar-refractivity contribution is 6.31. The molecule has 1 aromatic rings. The van der Waals surface area contributed by atoms with Crippen molar-refractivity contribution in [2.75, 3.05) is 6.54 Å². The standard InChI is InChI=1S/C9H11ClN2O2/c10-6-3-1-2-5(9(13)14)8(6)7(12)4-11/h1-3,7H,4,11-12H2,(H,13,14)/t7-/m0/s1. The fourth-order valence-corrected chi connectivity index (χ4v) is 1.53. The first-order valence-corrected chi connectivity index (χ1v) is 4.43. The largest absolute Gasteiger partial charge is 0.478 e. The monoisotopic (exact) mass is 214 g/mol. The summed E-state index contributed by atoms with van der Waals surface area (Å²) in [6.45, 7) is 0.157. The topological polar surface area (TPSA) is 89.3 Å². The first-order valence-electron chi connectivity index (χ1n) is 4.05. The van der Waals surface area contributed by atoms with Crippen LogP contribution < -0.4 is 11.5 Å². The molecule has 0 bridgehead atoms. The molecule has 5 heteroatoms. The van der Waals surface area contributed by atoms with E-state index in [1.807, 2.05) is 0 Å². The Morgan fingerprint density at radius 2 is 2.21 bits per heavy atom. The van der Waals surface area contributed by atoms with E-state index in [1.54, 1.807) is 12.1 Å². The molecule has 0 aliphatic carbocycles. The summed E-state index contributed by atoms with van der Waals surface area (Å²) in [5.41, 5.74) is 11.5. The molecule has 0 amide bonds. The highest BCUT2D eigenvalue weighted by atomic mass is 35.5. The molecule has 1 aromatic carbocycles. The Balaban J connectivity index is 3.29. The van der Waals surface area contributed by atoms with Crippen molar-refractivity contribution in [2.24, 2.45) is 11.5 Å². The van der Waals surface area contributed by atoms with Gasteiger partial charge in [0.05, 0.1) is 5.56 Å². The molecule has 0 aliphatic rings. The molecule has 14 heavy (non-hydrogen) atoms. The smallest absolute Gasteiger partial charge is 0.336 e. The third-order valence-electron chi connectivity index (χ3n) is 1.91. The molecule has 0 saturated carbocycles. The van der Waals surface area contributed by atoms with Gasteiger partial charge in [-0.2, -0.15) is 0 Å². The summed E-state index contributed by atoms with van der Waals surface area (Å²) in [4.78, 5) is 10.8. The van der Waals surface area contributed by atoms with Crippen LogP contribution in [-0.2, 0) is 0 Å². The summed E-state index contributed by atoms with van der Waals surface area (Å²) < 4.78 is 0. The Bertz CT molecular complexity index is 355. The third kappa shape index (κ3) is 2.04. The lowest BCUT2D eigenvalue weighted by Crippen LogP contribution is -2.23. The van der Waals surface area contributed by atoms with Gasteiger partial charge >= 0.3 is 5.97 Å². The van der Waals surface area contributed by atoms with Crippen LogP contribution in [0.3, 0.4) is 0 Å². The lowest BCUT2D eigenvalue weighted by molar-refractivity contribution is 0.0695. The Kier molecular flexibility index (Phi) is 3.46. The average molecular weight is 215 g/mol. The number of hydrogen-bond acceptors (Lipinski definition) is 3. The van der Waals surface area contributed by atoms with Crippen LogP contribution in [0.1, 0.15) is 22.0 Å². The van der Waals surface area contributed by atoms with Gasteiger partial charge in [-0.3, -0.25) is 0 Å². The number of carboxylic acids is 1. The molecule has 1 atom stereocenters. The van der Waals surface area contributed by atoms with E-state index in [-0.39, 0.29) is 12.1 Å². The SMILES string of the molecule is NC[C@H](N)c1c(Cl)cccc1C(=O)O. The van der Waals surface area contributed by atoms with E-state index < -0.39 is 12.0 Å². The molecule has 4 nitrogen and oxygen atoms in total. The van der Waals surface area contributed by atoms with Crippen molar-refractivity contribution in [3.8, 4) is 0 Å². The van der Waals surface area contributed by atoms with Crippen molar-refractivity contribution in [3.05, 3.63) is 34.3 Å². The fourth-order valence-electron chi connectivity index (χ4n) is 1.22. The molecule has 5 N–H and O–H groups in total. The second-order valence-electron chi connectivity index (χ2n) is 2.85. The van der Waals surface area contributed by atoms with Gasteiger partial charge in [0.2, 0.25) is 0 Å². The van der Waals surface area contributed by atoms with E-state index >= 15 is 0 Å². The van der Waals surface area contributed by atoms with Crippen LogP contribution in [0.25, 0.3) is 0 Å². The summed E-state index contributed by atoms with van der Waals surface area (Å²) in [6, 6.07) is 4.07. The molecular formula is C9H11ClN2O2. The molecule has 0 spiro atoms. The van der Waals surface area contributed by atoms with Gasteiger partial charge in [-0.25, -0.2) is 4.79 Å². The summed E-state index contributed by atoms with van der Waals surface area (Å²) in [5, 5.41) is 9.22. The Labute approximate surface area is 86.5 Å². The quantitative estimate of drug-likeness (QED) is 0.700. The number of halogens is 1. The maximum Gasteiger partial charge on any atom is 0.336 e. The van der Waals surface area contributed by atoms with Crippen LogP contribution in [0.5, 0.6) is 0 Å². The van der Waals surface area contributed by atoms with Crippen LogP contribution in [0, 0.1) is 0 Å². The van der Waals surface area contributed by atoms with Crippen LogP contribution in [-0.4, -0.2) is 17.6 Å². The highest BCUT2D eigenvalue weighted by Crippen LogP contribution is 2.24. The van der Waals surface area contributed by atoms with Crippen molar-refractivity contribution in [1.82, 2.24) is 0 Å². The van der Waals surface area contributed by atoms with Gasteiger partial charge in [0.1, 0.15) is 0 Å². The van der Waals surface area contributed by atoms with E-state index in [0.717, 1.165) is 0 Å². The lowest BCUT2D eigenvalue weighted by Gasteiger charge is -2.13. The molecule has 76 valence electrons. The van der Waals surface area contributed by atoms with Crippen LogP contribution in [0.15, 0.2) is 18.2 Å². The highest BCUT2D eigenvalue weighted by Gasteiger charge is 2.17. The van der Waals surface area contributed by atoms with E-state index in [2.05, 4.69) is 0 Å². The normalized spacial score (nSPS) is 12.5. The molecule has 0 saturated heterocycles. The molecule has 1 rings (SSSR count). The molecule has 0 heterocycles. The summed E-state index contributed by atoms with van der Waals surface area (Å²) >= 11 is 5.85. The van der Waals surface area contributed by atoms with E-state index in [0.29, 0.717) is 10.6 Å². The number of carboxylic acid groups (broad SMARTS) is 1. The number of nitrogens with two attached hydrogens (primary N) is 2. The molecule has 0 fully saturated rings. The summed E-state index contributed by atoms with van der Waals surface area (Å²) in [6.07, 6.45) is 0. The zero-order valence-corrected chi connectivity index (χ0v) is 8.16. The van der Waals surface area contributed by atoms with Crippen LogP contribution >= 0.6 is 11.6 Å². The van der Waals surface area contributed by atoms with E-state index in [9.17, 15) is 4.79 Å². The van der Waals surface area contributed by atoms with Gasteiger partial charge in [0, 0.05) is 23.2 Å². The Morgan fingerprint density at radius 3 is 2.71 bits per heavy atom. The zero-order valence-electron chi connectivity index (χ0n) is 7.40. The fraction of sp³-hybridized carbons (Fsp3) is 0.222. The average Bonchev–Trinajstić information content (AvgIpc) is 2.16. The molecule has 0 aromatic heterocycles. The van der Waals surface area contributed by atoms with Gasteiger partial charge in [0.25, 0.3) is 0 Å². The second-order valence-corrected chi connectivity index (χ2v) is 3.26. The first kappa shape index (κ1) is 11.0. The van der Waals surface area contributed by atoms with Crippen LogP contribution in [0.2, 0.25) is 5.02 Å². The van der Waals surface area contributed by atoms with E-state index in [1.165, 1.54) is 6.07 Å².